The Hall–Kier alpha value is -2.06. The van der Waals surface area contributed by atoms with Crippen LogP contribution in [0.5, 0.6) is 0 Å². The highest BCUT2D eigenvalue weighted by Crippen LogP contribution is 2.17. The molecular weight excluding hydrogens is 316 g/mol. The second kappa shape index (κ2) is 8.54. The number of nitrogens with one attached hydrogen (secondary N) is 1. The number of carbonyl (C=O) groups excluding carboxylic acids is 1. The van der Waals surface area contributed by atoms with E-state index in [1.54, 1.807) is 35.0 Å². The third-order valence-corrected chi connectivity index (χ3v) is 4.24. The Labute approximate surface area is 139 Å². The minimum atomic E-state index is -0.460. The molecule has 1 aromatic rings. The zero-order valence-electron chi connectivity index (χ0n) is 12.7. The Morgan fingerprint density at radius 2 is 2.13 bits per heavy atom. The summed E-state index contributed by atoms with van der Waals surface area (Å²) in [6, 6.07) is 5.85. The molecule has 1 amide bonds. The number of thioether (sulfide) groups is 1. The van der Waals surface area contributed by atoms with Crippen molar-refractivity contribution >= 4 is 29.0 Å². The van der Waals surface area contributed by atoms with Crippen molar-refractivity contribution in [2.75, 3.05) is 17.7 Å². The van der Waals surface area contributed by atoms with Crippen LogP contribution >= 0.6 is 11.8 Å². The van der Waals surface area contributed by atoms with Gasteiger partial charge in [0.25, 0.3) is 5.69 Å². The molecule has 124 valence electrons. The van der Waals surface area contributed by atoms with Gasteiger partial charge in [0.15, 0.2) is 0 Å². The number of nitrogens with two attached hydrogens (primary N) is 1. The maximum Gasteiger partial charge on any atom is 0.269 e. The van der Waals surface area contributed by atoms with Gasteiger partial charge in [0.2, 0.25) is 5.91 Å². The van der Waals surface area contributed by atoms with E-state index < -0.39 is 11.0 Å². The molecule has 1 heterocycles. The predicted molar refractivity (Wildman–Crippen MR) is 91.9 cm³/mol. The first-order chi connectivity index (χ1) is 11.1. The van der Waals surface area contributed by atoms with Crippen molar-refractivity contribution in [2.24, 2.45) is 5.73 Å². The minimum Gasteiger partial charge on any atom is -0.385 e. The molecule has 1 aliphatic rings. The lowest BCUT2D eigenvalue weighted by Gasteiger charge is -2.18. The standard InChI is InChI=1S/C15H20N4O3S/c16-14(15(20)18-9-10-23-11-18)3-1-2-8-17-12-4-6-13(7-5-12)19(21)22/h4-7,9-10,14,17H,1-3,8,11,16H2/t14-/m0/s1. The smallest absolute Gasteiger partial charge is 0.269 e. The lowest BCUT2D eigenvalue weighted by atomic mass is 10.1. The van der Waals surface area contributed by atoms with Gasteiger partial charge in [-0.15, -0.1) is 11.8 Å². The highest BCUT2D eigenvalue weighted by molar-refractivity contribution is 8.02. The summed E-state index contributed by atoms with van der Waals surface area (Å²) >= 11 is 1.58. The van der Waals surface area contributed by atoms with Crippen molar-refractivity contribution in [3.05, 3.63) is 46.0 Å². The second-order valence-corrected chi connectivity index (χ2v) is 6.09. The molecule has 1 aliphatic heterocycles. The van der Waals surface area contributed by atoms with Crippen LogP contribution in [0.25, 0.3) is 0 Å². The molecule has 23 heavy (non-hydrogen) atoms. The van der Waals surface area contributed by atoms with Crippen molar-refractivity contribution in [3.8, 4) is 0 Å². The fraction of sp³-hybridized carbons (Fsp3) is 0.400. The fourth-order valence-corrected chi connectivity index (χ4v) is 2.87. The highest BCUT2D eigenvalue weighted by Gasteiger charge is 2.20. The van der Waals surface area contributed by atoms with Crippen LogP contribution in [0.1, 0.15) is 19.3 Å². The van der Waals surface area contributed by atoms with Gasteiger partial charge in [-0.05, 0) is 36.8 Å². The van der Waals surface area contributed by atoms with Gasteiger partial charge in [-0.1, -0.05) is 0 Å². The van der Waals surface area contributed by atoms with E-state index in [0.717, 1.165) is 25.1 Å². The van der Waals surface area contributed by atoms with Crippen LogP contribution in [0, 0.1) is 10.1 Å². The van der Waals surface area contributed by atoms with E-state index in [1.807, 2.05) is 5.41 Å². The average molecular weight is 336 g/mol. The van der Waals surface area contributed by atoms with Crippen LogP contribution in [0.15, 0.2) is 35.9 Å². The Morgan fingerprint density at radius 1 is 1.39 bits per heavy atom. The third kappa shape index (κ3) is 5.26. The van der Waals surface area contributed by atoms with Gasteiger partial charge < -0.3 is 16.0 Å². The SMILES string of the molecule is N[C@@H](CCCCNc1ccc([N+](=O)[O-])cc1)C(=O)N1C=CSC1. The van der Waals surface area contributed by atoms with E-state index in [4.69, 9.17) is 5.73 Å². The molecule has 8 heteroatoms. The molecule has 3 N–H and O–H groups in total. The molecule has 0 saturated heterocycles. The van der Waals surface area contributed by atoms with E-state index in [1.165, 1.54) is 12.1 Å². The van der Waals surface area contributed by atoms with Crippen LogP contribution in [0.2, 0.25) is 0 Å². The van der Waals surface area contributed by atoms with E-state index in [-0.39, 0.29) is 11.6 Å². The van der Waals surface area contributed by atoms with Crippen LogP contribution < -0.4 is 11.1 Å². The molecule has 0 aromatic heterocycles. The molecule has 0 bridgehead atoms. The summed E-state index contributed by atoms with van der Waals surface area (Å²) < 4.78 is 0. The molecule has 0 spiro atoms. The number of nitro benzene ring substituents is 1. The van der Waals surface area contributed by atoms with Gasteiger partial charge in [0.1, 0.15) is 0 Å². The number of non-ortho nitro benzene ring substituents is 1. The van der Waals surface area contributed by atoms with Crippen LogP contribution in [0.4, 0.5) is 11.4 Å². The lowest BCUT2D eigenvalue weighted by molar-refractivity contribution is -0.384. The predicted octanol–water partition coefficient (Wildman–Crippen LogP) is 2.51. The van der Waals surface area contributed by atoms with Gasteiger partial charge in [0, 0.05) is 30.6 Å². The Kier molecular flexibility index (Phi) is 6.42. The number of rotatable bonds is 8. The van der Waals surface area contributed by atoms with Gasteiger partial charge in [-0.3, -0.25) is 14.9 Å². The number of nitro groups is 1. The third-order valence-electron chi connectivity index (χ3n) is 3.50. The van der Waals surface area contributed by atoms with Gasteiger partial charge in [-0.25, -0.2) is 0 Å². The quantitative estimate of drug-likeness (QED) is 0.430. The molecule has 0 aliphatic carbocycles. The molecule has 0 fully saturated rings. The zero-order valence-corrected chi connectivity index (χ0v) is 13.5. The highest BCUT2D eigenvalue weighted by atomic mass is 32.2. The number of benzene rings is 1. The number of hydrogen-bond acceptors (Lipinski definition) is 6. The molecule has 0 radical (unpaired) electrons. The Balaban J connectivity index is 1.62. The normalized spacial score (nSPS) is 14.7. The van der Waals surface area contributed by atoms with Crippen molar-refractivity contribution < 1.29 is 9.72 Å². The van der Waals surface area contributed by atoms with Crippen molar-refractivity contribution in [1.29, 1.82) is 0 Å². The molecule has 0 unspecified atom stereocenters. The number of carbonyl (C=O) groups is 1. The van der Waals surface area contributed by atoms with Crippen molar-refractivity contribution in [1.82, 2.24) is 4.90 Å². The van der Waals surface area contributed by atoms with Crippen LogP contribution in [-0.2, 0) is 4.79 Å². The average Bonchev–Trinajstić information content (AvgIpc) is 3.08. The summed E-state index contributed by atoms with van der Waals surface area (Å²) in [6.07, 6.45) is 4.14. The van der Waals surface area contributed by atoms with Crippen molar-refractivity contribution in [2.45, 2.75) is 25.3 Å². The number of nitrogens with zero attached hydrogens (tertiary/aromatic N) is 2. The van der Waals surface area contributed by atoms with E-state index in [9.17, 15) is 14.9 Å². The van der Waals surface area contributed by atoms with E-state index in [0.29, 0.717) is 12.3 Å². The Morgan fingerprint density at radius 3 is 2.74 bits per heavy atom. The summed E-state index contributed by atoms with van der Waals surface area (Å²) in [5, 5.41) is 15.6. The molecule has 0 saturated carbocycles. The maximum absolute atomic E-state index is 12.0. The van der Waals surface area contributed by atoms with Gasteiger partial charge >= 0.3 is 0 Å². The number of hydrogen-bond donors (Lipinski definition) is 2. The first-order valence-electron chi connectivity index (χ1n) is 7.40. The maximum atomic E-state index is 12.0. The summed E-state index contributed by atoms with van der Waals surface area (Å²) in [5.74, 6) is 0.614. The number of anilines is 1. The fourth-order valence-electron chi connectivity index (χ4n) is 2.18. The number of amides is 1. The molecule has 1 atom stereocenters. The largest absolute Gasteiger partial charge is 0.385 e. The summed E-state index contributed by atoms with van der Waals surface area (Å²) in [6.45, 7) is 0.734. The topological polar surface area (TPSA) is 101 Å². The minimum absolute atomic E-state index is 0.0328. The summed E-state index contributed by atoms with van der Waals surface area (Å²) in [5.41, 5.74) is 6.84. The molecule has 2 rings (SSSR count). The lowest BCUT2D eigenvalue weighted by Crippen LogP contribution is -2.40. The summed E-state index contributed by atoms with van der Waals surface area (Å²) in [7, 11) is 0. The summed E-state index contributed by atoms with van der Waals surface area (Å²) in [4.78, 5) is 23.8. The zero-order chi connectivity index (χ0) is 16.7. The molecule has 1 aromatic carbocycles. The second-order valence-electron chi connectivity index (χ2n) is 5.22. The first kappa shape index (κ1) is 17.3. The van der Waals surface area contributed by atoms with E-state index >= 15 is 0 Å². The number of unbranched alkanes of at least 4 members (excludes halogenated alkanes) is 1. The van der Waals surface area contributed by atoms with Crippen LogP contribution in [-0.4, -0.2) is 34.2 Å². The monoisotopic (exact) mass is 336 g/mol. The van der Waals surface area contributed by atoms with Crippen LogP contribution in [0.3, 0.4) is 0 Å². The first-order valence-corrected chi connectivity index (χ1v) is 8.45. The van der Waals surface area contributed by atoms with Crippen molar-refractivity contribution in [3.63, 3.8) is 0 Å². The van der Waals surface area contributed by atoms with Gasteiger partial charge in [-0.2, -0.15) is 0 Å². The van der Waals surface area contributed by atoms with Gasteiger partial charge in [0.05, 0.1) is 16.8 Å². The Bertz CT molecular complexity index is 577. The molecule has 7 nitrogen and oxygen atoms in total. The molecular formula is C15H20N4O3S. The van der Waals surface area contributed by atoms with E-state index in [2.05, 4.69) is 5.32 Å².